The molecule has 2 aliphatic rings. The van der Waals surface area contributed by atoms with Gasteiger partial charge in [-0.1, -0.05) is 12.8 Å². The van der Waals surface area contributed by atoms with E-state index in [1.807, 2.05) is 12.1 Å². The van der Waals surface area contributed by atoms with Crippen LogP contribution in [0.3, 0.4) is 0 Å². The lowest BCUT2D eigenvalue weighted by atomic mass is 9.90. The summed E-state index contributed by atoms with van der Waals surface area (Å²) < 4.78 is 28.9. The van der Waals surface area contributed by atoms with Crippen molar-refractivity contribution < 1.29 is 13.2 Å². The maximum Gasteiger partial charge on any atom is 0.175 e. The molecule has 110 valence electrons. The minimum absolute atomic E-state index is 0.340. The van der Waals surface area contributed by atoms with Crippen LogP contribution in [0.25, 0.3) is 0 Å². The van der Waals surface area contributed by atoms with Gasteiger partial charge in [0.1, 0.15) is 0 Å². The first-order chi connectivity index (χ1) is 9.55. The number of anilines is 1. The molecule has 20 heavy (non-hydrogen) atoms. The van der Waals surface area contributed by atoms with Crippen molar-refractivity contribution in [1.82, 2.24) is 0 Å². The van der Waals surface area contributed by atoms with Crippen LogP contribution >= 0.6 is 0 Å². The SMILES string of the molecule is CS(=O)(=O)c1ccc(N2CCO[C@@H]3CCCC[C@H]32)cc1. The number of morpholine rings is 1. The lowest BCUT2D eigenvalue weighted by Crippen LogP contribution is -2.52. The Morgan fingerprint density at radius 2 is 1.85 bits per heavy atom. The summed E-state index contributed by atoms with van der Waals surface area (Å²) in [6.45, 7) is 1.65. The smallest absolute Gasteiger partial charge is 0.175 e. The number of benzene rings is 1. The molecule has 0 radical (unpaired) electrons. The van der Waals surface area contributed by atoms with E-state index < -0.39 is 9.84 Å². The fourth-order valence-corrected chi connectivity index (χ4v) is 3.93. The van der Waals surface area contributed by atoms with Crippen molar-refractivity contribution in [1.29, 1.82) is 0 Å². The van der Waals surface area contributed by atoms with Crippen LogP contribution in [-0.2, 0) is 14.6 Å². The van der Waals surface area contributed by atoms with Crippen LogP contribution in [-0.4, -0.2) is 40.0 Å². The third kappa shape index (κ3) is 2.69. The van der Waals surface area contributed by atoms with E-state index in [0.717, 1.165) is 25.3 Å². The first-order valence-electron chi connectivity index (χ1n) is 7.24. The van der Waals surface area contributed by atoms with Crippen molar-refractivity contribution >= 4 is 15.5 Å². The zero-order valence-corrected chi connectivity index (χ0v) is 12.6. The summed E-state index contributed by atoms with van der Waals surface area (Å²) >= 11 is 0. The molecule has 5 heteroatoms. The molecular weight excluding hydrogens is 274 g/mol. The van der Waals surface area contributed by atoms with Gasteiger partial charge in [-0.15, -0.1) is 0 Å². The van der Waals surface area contributed by atoms with Gasteiger partial charge in [0.05, 0.1) is 23.6 Å². The molecular formula is C15H21NO3S. The molecule has 2 atom stereocenters. The first-order valence-corrected chi connectivity index (χ1v) is 9.13. The van der Waals surface area contributed by atoms with E-state index in [0.29, 0.717) is 17.0 Å². The van der Waals surface area contributed by atoms with Gasteiger partial charge < -0.3 is 9.64 Å². The van der Waals surface area contributed by atoms with E-state index in [1.54, 1.807) is 12.1 Å². The van der Waals surface area contributed by atoms with Crippen molar-refractivity contribution in [2.75, 3.05) is 24.3 Å². The van der Waals surface area contributed by atoms with Gasteiger partial charge in [-0.05, 0) is 37.1 Å². The Bertz CT molecular complexity index is 565. The van der Waals surface area contributed by atoms with E-state index in [2.05, 4.69) is 4.90 Å². The Balaban J connectivity index is 1.84. The zero-order valence-electron chi connectivity index (χ0n) is 11.8. The van der Waals surface area contributed by atoms with Crippen molar-refractivity contribution in [3.63, 3.8) is 0 Å². The minimum atomic E-state index is -3.12. The molecule has 1 saturated heterocycles. The predicted octanol–water partition coefficient (Wildman–Crippen LogP) is 2.24. The van der Waals surface area contributed by atoms with Crippen LogP contribution in [0.2, 0.25) is 0 Å². The van der Waals surface area contributed by atoms with Gasteiger partial charge in [-0.3, -0.25) is 0 Å². The number of rotatable bonds is 2. The molecule has 0 amide bonds. The van der Waals surface area contributed by atoms with Crippen LogP contribution in [0.15, 0.2) is 29.2 Å². The van der Waals surface area contributed by atoms with Crippen LogP contribution in [0.1, 0.15) is 25.7 Å². The topological polar surface area (TPSA) is 46.6 Å². The number of hydrogen-bond acceptors (Lipinski definition) is 4. The molecule has 1 aromatic rings. The summed E-state index contributed by atoms with van der Waals surface area (Å²) in [5.41, 5.74) is 1.11. The second kappa shape index (κ2) is 5.37. The van der Waals surface area contributed by atoms with Gasteiger partial charge in [-0.25, -0.2) is 8.42 Å². The Morgan fingerprint density at radius 3 is 2.55 bits per heavy atom. The van der Waals surface area contributed by atoms with E-state index in [-0.39, 0.29) is 0 Å². The van der Waals surface area contributed by atoms with Crippen LogP contribution < -0.4 is 4.90 Å². The molecule has 0 spiro atoms. The maximum absolute atomic E-state index is 11.5. The summed E-state index contributed by atoms with van der Waals surface area (Å²) in [6.07, 6.45) is 6.39. The minimum Gasteiger partial charge on any atom is -0.374 e. The molecule has 1 heterocycles. The second-order valence-corrected chi connectivity index (χ2v) is 7.74. The third-order valence-corrected chi connectivity index (χ3v) is 5.46. The molecule has 1 aliphatic heterocycles. The number of sulfone groups is 1. The van der Waals surface area contributed by atoms with Gasteiger partial charge in [0.2, 0.25) is 0 Å². The highest BCUT2D eigenvalue weighted by Gasteiger charge is 2.34. The monoisotopic (exact) mass is 295 g/mol. The van der Waals surface area contributed by atoms with Gasteiger partial charge >= 0.3 is 0 Å². The van der Waals surface area contributed by atoms with Crippen LogP contribution in [0, 0.1) is 0 Å². The molecule has 4 nitrogen and oxygen atoms in total. The lowest BCUT2D eigenvalue weighted by molar-refractivity contribution is -0.00868. The standard InChI is InChI=1S/C15H21NO3S/c1-20(17,18)13-8-6-12(7-9-13)16-10-11-19-15-5-3-2-4-14(15)16/h6-9,14-15H,2-5,10-11H2,1H3/t14-,15-/m1/s1. The fourth-order valence-electron chi connectivity index (χ4n) is 3.30. The Kier molecular flexibility index (Phi) is 3.73. The van der Waals surface area contributed by atoms with Crippen LogP contribution in [0.5, 0.6) is 0 Å². The third-order valence-electron chi connectivity index (χ3n) is 4.33. The first kappa shape index (κ1) is 13.9. The summed E-state index contributed by atoms with van der Waals surface area (Å²) in [7, 11) is -3.12. The highest BCUT2D eigenvalue weighted by Crippen LogP contribution is 2.32. The normalized spacial score (nSPS) is 27.1. The summed E-state index contributed by atoms with van der Waals surface area (Å²) in [6, 6.07) is 7.71. The van der Waals surface area contributed by atoms with E-state index >= 15 is 0 Å². The zero-order chi connectivity index (χ0) is 14.2. The lowest BCUT2D eigenvalue weighted by Gasteiger charge is -2.45. The van der Waals surface area contributed by atoms with E-state index in [1.165, 1.54) is 25.5 Å². The molecule has 0 aromatic heterocycles. The van der Waals surface area contributed by atoms with Gasteiger partial charge in [0, 0.05) is 18.5 Å². The molecule has 0 N–H and O–H groups in total. The molecule has 1 aliphatic carbocycles. The molecule has 0 unspecified atom stereocenters. The number of fused-ring (bicyclic) bond motifs is 1. The number of nitrogens with zero attached hydrogens (tertiary/aromatic N) is 1. The van der Waals surface area contributed by atoms with E-state index in [9.17, 15) is 8.42 Å². The Morgan fingerprint density at radius 1 is 1.15 bits per heavy atom. The largest absolute Gasteiger partial charge is 0.374 e. The molecule has 2 fully saturated rings. The second-order valence-electron chi connectivity index (χ2n) is 5.72. The van der Waals surface area contributed by atoms with Crippen LogP contribution in [0.4, 0.5) is 5.69 Å². The van der Waals surface area contributed by atoms with Gasteiger partial charge in [-0.2, -0.15) is 0 Å². The van der Waals surface area contributed by atoms with Crippen molar-refractivity contribution in [3.05, 3.63) is 24.3 Å². The number of hydrogen-bond donors (Lipinski definition) is 0. The summed E-state index contributed by atoms with van der Waals surface area (Å²) in [4.78, 5) is 2.77. The summed E-state index contributed by atoms with van der Waals surface area (Å²) in [5, 5.41) is 0. The van der Waals surface area contributed by atoms with E-state index in [4.69, 9.17) is 4.74 Å². The summed E-state index contributed by atoms with van der Waals surface area (Å²) in [5.74, 6) is 0. The maximum atomic E-state index is 11.5. The Hall–Kier alpha value is -1.07. The fraction of sp³-hybridized carbons (Fsp3) is 0.600. The van der Waals surface area contributed by atoms with Gasteiger partial charge in [0.25, 0.3) is 0 Å². The highest BCUT2D eigenvalue weighted by molar-refractivity contribution is 7.90. The molecule has 3 rings (SSSR count). The van der Waals surface area contributed by atoms with Crippen molar-refractivity contribution in [2.24, 2.45) is 0 Å². The van der Waals surface area contributed by atoms with Crippen molar-refractivity contribution in [3.8, 4) is 0 Å². The predicted molar refractivity (Wildman–Crippen MR) is 78.9 cm³/mol. The average Bonchev–Trinajstić information content (AvgIpc) is 2.46. The molecule has 1 saturated carbocycles. The quantitative estimate of drug-likeness (QED) is 0.839. The highest BCUT2D eigenvalue weighted by atomic mass is 32.2. The number of ether oxygens (including phenoxy) is 1. The van der Waals surface area contributed by atoms with Crippen molar-refractivity contribution in [2.45, 2.75) is 42.7 Å². The Labute approximate surface area is 120 Å². The average molecular weight is 295 g/mol. The van der Waals surface area contributed by atoms with Gasteiger partial charge in [0.15, 0.2) is 9.84 Å². The molecule has 0 bridgehead atoms. The molecule has 1 aromatic carbocycles.